The lowest BCUT2D eigenvalue weighted by atomic mass is 9.78. The molecule has 19 heavy (non-hydrogen) atoms. The second-order valence-electron chi connectivity index (χ2n) is 7.12. The summed E-state index contributed by atoms with van der Waals surface area (Å²) in [4.78, 5) is 23.4. The maximum Gasteiger partial charge on any atom is 0.385 e. The summed E-state index contributed by atoms with van der Waals surface area (Å²) in [6.45, 7) is 12.4. The molecule has 0 N–H and O–H groups in total. The first-order chi connectivity index (χ1) is 8.51. The molecule has 0 atom stereocenters. The number of ketones is 1. The topological polar surface area (TPSA) is 43.4 Å². The fourth-order valence-electron chi connectivity index (χ4n) is 2.20. The van der Waals surface area contributed by atoms with Gasteiger partial charge in [-0.05, 0) is 28.0 Å². The number of rotatable bonds is 0. The van der Waals surface area contributed by atoms with Crippen molar-refractivity contribution in [2.75, 3.05) is 0 Å². The molecule has 0 spiro atoms. The Hall–Kier alpha value is -1.64. The molecule has 0 fully saturated rings. The lowest BCUT2D eigenvalue weighted by molar-refractivity contribution is -0.128. The maximum atomic E-state index is 12.0. The summed E-state index contributed by atoms with van der Waals surface area (Å²) in [5.74, 6) is -0.890. The van der Waals surface area contributed by atoms with E-state index in [1.807, 2.05) is 32.9 Å². The predicted molar refractivity (Wildman–Crippen MR) is 73.8 cm³/mol. The van der Waals surface area contributed by atoms with Gasteiger partial charge in [-0.1, -0.05) is 47.6 Å². The van der Waals surface area contributed by atoms with Crippen LogP contribution < -0.4 is 4.74 Å². The number of benzene rings is 1. The molecule has 0 radical (unpaired) electrons. The van der Waals surface area contributed by atoms with E-state index in [9.17, 15) is 9.59 Å². The zero-order valence-corrected chi connectivity index (χ0v) is 12.4. The number of carbonyl (C=O) groups is 2. The van der Waals surface area contributed by atoms with Crippen LogP contribution in [0.4, 0.5) is 0 Å². The predicted octanol–water partition coefficient (Wildman–Crippen LogP) is 3.38. The van der Waals surface area contributed by atoms with Crippen LogP contribution in [-0.4, -0.2) is 11.8 Å². The highest BCUT2D eigenvalue weighted by molar-refractivity contribution is 6.44. The summed E-state index contributed by atoms with van der Waals surface area (Å²) in [5.41, 5.74) is 2.11. The van der Waals surface area contributed by atoms with Crippen LogP contribution in [0.15, 0.2) is 12.1 Å². The number of carbonyl (C=O) groups excluding carboxylic acids is 2. The van der Waals surface area contributed by atoms with Gasteiger partial charge in [-0.25, -0.2) is 4.79 Å². The maximum absolute atomic E-state index is 12.0. The van der Waals surface area contributed by atoms with Crippen LogP contribution >= 0.6 is 0 Å². The number of Topliss-reactive ketones (excluding diaryl/α,β-unsaturated/α-hetero) is 1. The normalized spacial score (nSPS) is 15.5. The van der Waals surface area contributed by atoms with E-state index in [0.717, 1.165) is 11.1 Å². The molecule has 1 aliphatic rings. The summed E-state index contributed by atoms with van der Waals surface area (Å²) < 4.78 is 5.10. The molecule has 3 nitrogen and oxygen atoms in total. The van der Waals surface area contributed by atoms with Crippen LogP contribution in [0.3, 0.4) is 0 Å². The Kier molecular flexibility index (Phi) is 2.85. The van der Waals surface area contributed by atoms with Gasteiger partial charge in [0, 0.05) is 0 Å². The minimum atomic E-state index is -0.772. The Balaban J connectivity index is 2.76. The Morgan fingerprint density at radius 2 is 1.47 bits per heavy atom. The van der Waals surface area contributed by atoms with Crippen LogP contribution in [0.2, 0.25) is 0 Å². The van der Waals surface area contributed by atoms with Gasteiger partial charge in [-0.15, -0.1) is 0 Å². The minimum Gasteiger partial charge on any atom is -0.420 e. The van der Waals surface area contributed by atoms with Crippen LogP contribution in [0.1, 0.15) is 63.0 Å². The van der Waals surface area contributed by atoms with E-state index in [1.165, 1.54) is 0 Å². The molecule has 0 saturated carbocycles. The van der Waals surface area contributed by atoms with E-state index in [4.69, 9.17) is 4.74 Å². The van der Waals surface area contributed by atoms with E-state index in [-0.39, 0.29) is 10.8 Å². The van der Waals surface area contributed by atoms with Gasteiger partial charge < -0.3 is 4.74 Å². The molecule has 102 valence electrons. The van der Waals surface area contributed by atoms with E-state index in [0.29, 0.717) is 11.3 Å². The second-order valence-corrected chi connectivity index (χ2v) is 7.12. The minimum absolute atomic E-state index is 0.0624. The largest absolute Gasteiger partial charge is 0.420 e. The third-order valence-corrected chi connectivity index (χ3v) is 3.39. The number of fused-ring (bicyclic) bond motifs is 1. The quantitative estimate of drug-likeness (QED) is 0.408. The molecule has 1 aliphatic heterocycles. The van der Waals surface area contributed by atoms with Crippen molar-refractivity contribution in [3.8, 4) is 5.75 Å². The monoisotopic (exact) mass is 260 g/mol. The molecule has 2 rings (SSSR count). The molecular formula is C16H20O3. The summed E-state index contributed by atoms with van der Waals surface area (Å²) in [6.07, 6.45) is 0. The SMILES string of the molecule is CC(C)(C)c1cc2c(c(C(C)(C)C)c1)C(=O)C(=O)O2. The van der Waals surface area contributed by atoms with Crippen molar-refractivity contribution in [2.24, 2.45) is 0 Å². The lowest BCUT2D eigenvalue weighted by Gasteiger charge is -2.26. The standard InChI is InChI=1S/C16H20O3/c1-15(2,3)9-7-10(16(4,5)6)12-11(8-9)19-14(18)13(12)17/h7-8H,1-6H3. The van der Waals surface area contributed by atoms with E-state index < -0.39 is 11.8 Å². The number of hydrogen-bond acceptors (Lipinski definition) is 3. The van der Waals surface area contributed by atoms with Crippen molar-refractivity contribution in [1.82, 2.24) is 0 Å². The molecule has 1 aromatic carbocycles. The zero-order valence-electron chi connectivity index (χ0n) is 12.4. The van der Waals surface area contributed by atoms with Crippen LogP contribution in [0.5, 0.6) is 5.75 Å². The third-order valence-electron chi connectivity index (χ3n) is 3.39. The van der Waals surface area contributed by atoms with E-state index in [2.05, 4.69) is 20.8 Å². The highest BCUT2D eigenvalue weighted by Gasteiger charge is 2.37. The molecule has 1 heterocycles. The Morgan fingerprint density at radius 3 is 1.95 bits per heavy atom. The summed E-state index contributed by atoms with van der Waals surface area (Å²) in [5, 5.41) is 0. The van der Waals surface area contributed by atoms with Gasteiger partial charge in [-0.3, -0.25) is 4.79 Å². The third kappa shape index (κ3) is 2.29. The highest BCUT2D eigenvalue weighted by atomic mass is 16.5. The van der Waals surface area contributed by atoms with Gasteiger partial charge in [0.1, 0.15) is 5.75 Å². The fraction of sp³-hybridized carbons (Fsp3) is 0.500. The number of hydrogen-bond donors (Lipinski definition) is 0. The van der Waals surface area contributed by atoms with Gasteiger partial charge in [0.15, 0.2) is 0 Å². The first-order valence-electron chi connectivity index (χ1n) is 6.47. The number of esters is 1. The van der Waals surface area contributed by atoms with Gasteiger partial charge >= 0.3 is 5.97 Å². The van der Waals surface area contributed by atoms with Gasteiger partial charge in [-0.2, -0.15) is 0 Å². The van der Waals surface area contributed by atoms with Gasteiger partial charge in [0.05, 0.1) is 5.56 Å². The van der Waals surface area contributed by atoms with Crippen molar-refractivity contribution < 1.29 is 14.3 Å². The van der Waals surface area contributed by atoms with Crippen LogP contribution in [0, 0.1) is 0 Å². The first kappa shape index (κ1) is 13.8. The highest BCUT2D eigenvalue weighted by Crippen LogP contribution is 2.39. The molecule has 0 amide bonds. The molecule has 0 aliphatic carbocycles. The number of ether oxygens (including phenoxy) is 1. The first-order valence-corrected chi connectivity index (χ1v) is 6.47. The molecule has 1 aromatic rings. The zero-order chi connectivity index (χ0) is 14.6. The molecular weight excluding hydrogens is 240 g/mol. The Bertz CT molecular complexity index is 569. The molecule has 0 aromatic heterocycles. The molecule has 0 bridgehead atoms. The van der Waals surface area contributed by atoms with Crippen LogP contribution in [0.25, 0.3) is 0 Å². The molecule has 0 saturated heterocycles. The second kappa shape index (κ2) is 3.92. The van der Waals surface area contributed by atoms with E-state index >= 15 is 0 Å². The lowest BCUT2D eigenvalue weighted by Crippen LogP contribution is -2.20. The Morgan fingerprint density at radius 1 is 0.895 bits per heavy atom. The smallest absolute Gasteiger partial charge is 0.385 e. The van der Waals surface area contributed by atoms with Crippen molar-refractivity contribution in [2.45, 2.75) is 52.4 Å². The Labute approximate surface area is 114 Å². The average Bonchev–Trinajstić information content (AvgIpc) is 2.51. The van der Waals surface area contributed by atoms with Gasteiger partial charge in [0.2, 0.25) is 0 Å². The fourth-order valence-corrected chi connectivity index (χ4v) is 2.20. The van der Waals surface area contributed by atoms with E-state index in [1.54, 1.807) is 0 Å². The van der Waals surface area contributed by atoms with Gasteiger partial charge in [0.25, 0.3) is 5.78 Å². The van der Waals surface area contributed by atoms with Crippen molar-refractivity contribution in [1.29, 1.82) is 0 Å². The summed E-state index contributed by atoms with van der Waals surface area (Å²) in [6, 6.07) is 3.84. The average molecular weight is 260 g/mol. The molecule has 0 unspecified atom stereocenters. The summed E-state index contributed by atoms with van der Waals surface area (Å²) >= 11 is 0. The summed E-state index contributed by atoms with van der Waals surface area (Å²) in [7, 11) is 0. The van der Waals surface area contributed by atoms with Crippen molar-refractivity contribution >= 4 is 11.8 Å². The van der Waals surface area contributed by atoms with Crippen LogP contribution in [-0.2, 0) is 15.6 Å². The van der Waals surface area contributed by atoms with Crippen molar-refractivity contribution in [3.63, 3.8) is 0 Å². The van der Waals surface area contributed by atoms with Crippen molar-refractivity contribution in [3.05, 3.63) is 28.8 Å². The molecule has 3 heteroatoms.